The maximum atomic E-state index is 8.06. The molecule has 0 atom stereocenters. The van der Waals surface area contributed by atoms with Crippen molar-refractivity contribution in [3.63, 3.8) is 0 Å². The Morgan fingerprint density at radius 1 is 1.25 bits per heavy atom. The van der Waals surface area contributed by atoms with Crippen molar-refractivity contribution >= 4 is 30.4 Å². The van der Waals surface area contributed by atoms with Crippen LogP contribution in [-0.4, -0.2) is 11.2 Å². The van der Waals surface area contributed by atoms with Gasteiger partial charge in [-0.05, 0) is 13.8 Å². The number of aliphatic hydroxyl groups is 1. The Labute approximate surface area is 66.4 Å². The summed E-state index contributed by atoms with van der Waals surface area (Å²) in [5.74, 6) is 0. The van der Waals surface area contributed by atoms with E-state index in [4.69, 9.17) is 35.5 Å². The molecule has 0 radical (unpaired) electrons. The van der Waals surface area contributed by atoms with Gasteiger partial charge in [0, 0.05) is 6.10 Å². The summed E-state index contributed by atoms with van der Waals surface area (Å²) in [5, 5.41) is 8.06. The molecule has 0 spiro atoms. The first-order valence-electron chi connectivity index (χ1n) is 1.79. The standard InChI is InChI=1S/C3H8O.3ClH.Co/c1-3(2)4;;;;/h3-4H,1-2H3;3*1H;/q;;;;+3/p-3. The Morgan fingerprint density at radius 3 is 1.25 bits per heavy atom. The van der Waals surface area contributed by atoms with Crippen molar-refractivity contribution in [3.05, 3.63) is 0 Å². The minimum atomic E-state index is -1.19. The molecule has 0 amide bonds. The van der Waals surface area contributed by atoms with Crippen LogP contribution >= 0.6 is 30.4 Å². The monoisotopic (exact) mass is 224 g/mol. The van der Waals surface area contributed by atoms with E-state index in [1.165, 1.54) is 0 Å². The van der Waals surface area contributed by atoms with Gasteiger partial charge < -0.3 is 5.11 Å². The van der Waals surface area contributed by atoms with Crippen LogP contribution in [0, 0.1) is 0 Å². The van der Waals surface area contributed by atoms with E-state index in [0.29, 0.717) is 0 Å². The molecule has 0 aliphatic rings. The van der Waals surface area contributed by atoms with E-state index in [-0.39, 0.29) is 6.10 Å². The molecule has 0 aliphatic heterocycles. The molecule has 0 saturated heterocycles. The molecular weight excluding hydrogens is 217 g/mol. The second-order valence-electron chi connectivity index (χ2n) is 1.24. The second-order valence-corrected chi connectivity index (χ2v) is 6.39. The van der Waals surface area contributed by atoms with E-state index in [1.54, 1.807) is 13.8 Å². The molecule has 0 fully saturated rings. The molecule has 0 aromatic carbocycles. The molecule has 0 heterocycles. The molecule has 0 saturated carbocycles. The number of hydrogen-bond donors (Lipinski definition) is 1. The van der Waals surface area contributed by atoms with Gasteiger partial charge in [-0.1, -0.05) is 0 Å². The number of hydrogen-bond acceptors (Lipinski definition) is 1. The zero-order valence-corrected chi connectivity index (χ0v) is 7.80. The van der Waals surface area contributed by atoms with Crippen molar-refractivity contribution in [1.29, 1.82) is 0 Å². The van der Waals surface area contributed by atoms with Crippen molar-refractivity contribution in [3.8, 4) is 0 Å². The van der Waals surface area contributed by atoms with Crippen molar-refractivity contribution in [1.82, 2.24) is 0 Å². The van der Waals surface area contributed by atoms with E-state index in [0.717, 1.165) is 0 Å². The quantitative estimate of drug-likeness (QED) is 0.671. The van der Waals surface area contributed by atoms with Gasteiger partial charge in [0.1, 0.15) is 0 Å². The molecule has 5 heteroatoms. The third-order valence-corrected chi connectivity index (χ3v) is 0. The van der Waals surface area contributed by atoms with E-state index in [1.807, 2.05) is 0 Å². The van der Waals surface area contributed by atoms with E-state index >= 15 is 0 Å². The SMILES string of the molecule is CC(C)O.[Cl][Co]([Cl])[Cl]. The van der Waals surface area contributed by atoms with Crippen LogP contribution in [0.4, 0.5) is 0 Å². The number of rotatable bonds is 0. The number of halogens is 3. The number of aliphatic hydroxyl groups excluding tert-OH is 1. The molecule has 0 aromatic heterocycles. The van der Waals surface area contributed by atoms with Gasteiger partial charge in [0.05, 0.1) is 0 Å². The van der Waals surface area contributed by atoms with Gasteiger partial charge in [0.15, 0.2) is 0 Å². The second kappa shape index (κ2) is 8.34. The summed E-state index contributed by atoms with van der Waals surface area (Å²) in [6.45, 7) is 3.44. The fraction of sp³-hybridized carbons (Fsp3) is 1.00. The van der Waals surface area contributed by atoms with Crippen LogP contribution in [0.15, 0.2) is 0 Å². The van der Waals surface area contributed by atoms with Crippen LogP contribution in [0.5, 0.6) is 0 Å². The van der Waals surface area contributed by atoms with Gasteiger partial charge in [0.25, 0.3) is 0 Å². The first kappa shape index (κ1) is 12.1. The first-order valence-corrected chi connectivity index (χ1v) is 6.09. The van der Waals surface area contributed by atoms with Gasteiger partial charge >= 0.3 is 41.4 Å². The summed E-state index contributed by atoms with van der Waals surface area (Å²) < 4.78 is 0. The minimum absolute atomic E-state index is 0.167. The third-order valence-electron chi connectivity index (χ3n) is 0. The summed E-state index contributed by atoms with van der Waals surface area (Å²) in [6.07, 6.45) is -0.167. The van der Waals surface area contributed by atoms with Crippen LogP contribution in [-0.2, 0) is 10.9 Å². The predicted octanol–water partition coefficient (Wildman–Crippen LogP) is 2.45. The van der Waals surface area contributed by atoms with Gasteiger partial charge in [-0.3, -0.25) is 0 Å². The predicted molar refractivity (Wildman–Crippen MR) is 34.9 cm³/mol. The van der Waals surface area contributed by atoms with E-state index in [2.05, 4.69) is 0 Å². The Balaban J connectivity index is 0. The fourth-order valence-electron chi connectivity index (χ4n) is 0. The summed E-state index contributed by atoms with van der Waals surface area (Å²) in [4.78, 5) is 0. The van der Waals surface area contributed by atoms with Crippen LogP contribution in [0.1, 0.15) is 13.8 Å². The average molecular weight is 225 g/mol. The molecule has 0 unspecified atom stereocenters. The molecule has 0 bridgehead atoms. The van der Waals surface area contributed by atoms with Crippen molar-refractivity contribution < 1.29 is 16.1 Å². The average Bonchev–Trinajstić information content (AvgIpc) is 1.25. The van der Waals surface area contributed by atoms with Crippen molar-refractivity contribution in [2.75, 3.05) is 0 Å². The van der Waals surface area contributed by atoms with Crippen molar-refractivity contribution in [2.45, 2.75) is 20.0 Å². The van der Waals surface area contributed by atoms with Gasteiger partial charge in [-0.15, -0.1) is 0 Å². The zero-order valence-electron chi connectivity index (χ0n) is 4.49. The summed E-state index contributed by atoms with van der Waals surface area (Å²) in [5.41, 5.74) is 0. The molecule has 0 aromatic rings. The fourth-order valence-corrected chi connectivity index (χ4v) is 0. The molecule has 1 nitrogen and oxygen atoms in total. The summed E-state index contributed by atoms with van der Waals surface area (Å²) in [6, 6.07) is 0. The zero-order chi connectivity index (χ0) is 7.15. The Kier molecular flexibility index (Phi) is 12.6. The van der Waals surface area contributed by atoms with Gasteiger partial charge in [0.2, 0.25) is 0 Å². The van der Waals surface area contributed by atoms with Gasteiger partial charge in [-0.2, -0.15) is 0 Å². The van der Waals surface area contributed by atoms with Crippen LogP contribution < -0.4 is 0 Å². The van der Waals surface area contributed by atoms with Crippen LogP contribution in [0.3, 0.4) is 0 Å². The first-order chi connectivity index (χ1) is 3.46. The molecule has 8 heavy (non-hydrogen) atoms. The van der Waals surface area contributed by atoms with E-state index < -0.39 is 10.9 Å². The normalized spacial score (nSPS) is 10.1. The van der Waals surface area contributed by atoms with E-state index in [9.17, 15) is 0 Å². The topological polar surface area (TPSA) is 20.2 Å². The molecule has 0 aliphatic carbocycles. The summed E-state index contributed by atoms with van der Waals surface area (Å²) >= 11 is 0. The molecule has 56 valence electrons. The molecule has 0 rings (SSSR count). The Morgan fingerprint density at radius 2 is 1.25 bits per heavy atom. The molecule has 1 N–H and O–H groups in total. The maximum absolute atomic E-state index is 8.06. The van der Waals surface area contributed by atoms with Crippen LogP contribution in [0.25, 0.3) is 0 Å². The Bertz CT molecular complexity index is 30.0. The van der Waals surface area contributed by atoms with Crippen LogP contribution in [0.2, 0.25) is 0 Å². The third kappa shape index (κ3) is 165. The summed E-state index contributed by atoms with van der Waals surface area (Å²) in [7, 11) is 13.4. The van der Waals surface area contributed by atoms with Gasteiger partial charge in [-0.25, -0.2) is 0 Å². The van der Waals surface area contributed by atoms with Crippen molar-refractivity contribution in [2.24, 2.45) is 0 Å². The molecular formula is C3H8Cl3CoO. The Hall–Kier alpha value is 1.34.